The Morgan fingerprint density at radius 3 is 2.50 bits per heavy atom. The van der Waals surface area contributed by atoms with Gasteiger partial charge in [0.15, 0.2) is 0 Å². The summed E-state index contributed by atoms with van der Waals surface area (Å²) in [5.74, 6) is 0. The second-order valence-corrected chi connectivity index (χ2v) is 3.28. The summed E-state index contributed by atoms with van der Waals surface area (Å²) >= 11 is 1.43. The van der Waals surface area contributed by atoms with Gasteiger partial charge in [-0.05, 0) is 17.1 Å². The highest BCUT2D eigenvalue weighted by Crippen LogP contribution is 2.28. The van der Waals surface area contributed by atoms with E-state index >= 15 is 0 Å². The summed E-state index contributed by atoms with van der Waals surface area (Å²) in [7, 11) is 0. The van der Waals surface area contributed by atoms with Crippen LogP contribution in [0.25, 0.3) is 10.4 Å². The van der Waals surface area contributed by atoms with Crippen LogP contribution in [0, 0.1) is 0 Å². The van der Waals surface area contributed by atoms with E-state index in [1.54, 1.807) is 6.20 Å². The maximum Gasteiger partial charge on any atom is 0.0779 e. The minimum atomic E-state index is 0.756. The molecule has 0 spiro atoms. The molecule has 2 nitrogen and oxygen atoms in total. The third-order valence-electron chi connectivity index (χ3n) is 1.63. The zero-order valence-corrected chi connectivity index (χ0v) is 7.21. The molecule has 0 aliphatic rings. The van der Waals surface area contributed by atoms with Gasteiger partial charge in [0.05, 0.1) is 16.8 Å². The Hall–Kier alpha value is -1.35. The molecule has 3 heteroatoms. The van der Waals surface area contributed by atoms with E-state index in [1.165, 1.54) is 11.5 Å². The molecule has 1 aromatic heterocycles. The van der Waals surface area contributed by atoms with Gasteiger partial charge in [-0.1, -0.05) is 30.3 Å². The minimum Gasteiger partial charge on any atom is -0.396 e. The van der Waals surface area contributed by atoms with Crippen molar-refractivity contribution in [2.75, 3.05) is 5.73 Å². The van der Waals surface area contributed by atoms with Gasteiger partial charge in [0.1, 0.15) is 0 Å². The van der Waals surface area contributed by atoms with Gasteiger partial charge >= 0.3 is 0 Å². The van der Waals surface area contributed by atoms with Crippen molar-refractivity contribution in [2.24, 2.45) is 0 Å². The molecule has 1 heterocycles. The van der Waals surface area contributed by atoms with E-state index in [0.29, 0.717) is 0 Å². The van der Waals surface area contributed by atoms with Crippen LogP contribution in [-0.4, -0.2) is 4.37 Å². The monoisotopic (exact) mass is 176 g/mol. The molecule has 12 heavy (non-hydrogen) atoms. The molecule has 0 atom stereocenters. The fraction of sp³-hybridized carbons (Fsp3) is 0. The lowest BCUT2D eigenvalue weighted by molar-refractivity contribution is 1.58. The van der Waals surface area contributed by atoms with Crippen LogP contribution in [0.5, 0.6) is 0 Å². The highest BCUT2D eigenvalue weighted by Gasteiger charge is 2.02. The van der Waals surface area contributed by atoms with Crippen LogP contribution in [0.2, 0.25) is 0 Å². The fourth-order valence-electron chi connectivity index (χ4n) is 1.06. The maximum atomic E-state index is 5.72. The van der Waals surface area contributed by atoms with Crippen molar-refractivity contribution < 1.29 is 0 Å². The number of anilines is 1. The smallest absolute Gasteiger partial charge is 0.0779 e. The summed E-state index contributed by atoms with van der Waals surface area (Å²) in [4.78, 5) is 1.05. The first kappa shape index (κ1) is 7.31. The average Bonchev–Trinajstić information content (AvgIpc) is 2.53. The van der Waals surface area contributed by atoms with Gasteiger partial charge < -0.3 is 5.73 Å². The molecule has 0 amide bonds. The van der Waals surface area contributed by atoms with Crippen LogP contribution in [-0.2, 0) is 0 Å². The normalized spacial score (nSPS) is 10.0. The standard InChI is InChI=1S/C9H8N2S/c10-8-6-11-12-9(8)7-4-2-1-3-5-7/h1-6H,10H2. The van der Waals surface area contributed by atoms with Crippen molar-refractivity contribution in [2.45, 2.75) is 0 Å². The number of hydrogen-bond donors (Lipinski definition) is 1. The first-order chi connectivity index (χ1) is 5.88. The third kappa shape index (κ3) is 1.19. The van der Waals surface area contributed by atoms with E-state index in [-0.39, 0.29) is 0 Å². The summed E-state index contributed by atoms with van der Waals surface area (Å²) in [5, 5.41) is 0. The maximum absolute atomic E-state index is 5.72. The lowest BCUT2D eigenvalue weighted by Gasteiger charge is -1.95. The first-order valence-corrected chi connectivity index (χ1v) is 4.41. The van der Waals surface area contributed by atoms with Crippen molar-refractivity contribution in [3.05, 3.63) is 36.5 Å². The van der Waals surface area contributed by atoms with Crippen molar-refractivity contribution in [3.8, 4) is 10.4 Å². The predicted octanol–water partition coefficient (Wildman–Crippen LogP) is 2.39. The van der Waals surface area contributed by atoms with Crippen molar-refractivity contribution >= 4 is 17.2 Å². The van der Waals surface area contributed by atoms with Gasteiger partial charge in [-0.15, -0.1) is 0 Å². The van der Waals surface area contributed by atoms with Crippen LogP contribution in [0.4, 0.5) is 5.69 Å². The van der Waals surface area contributed by atoms with Gasteiger partial charge in [0.2, 0.25) is 0 Å². The molecule has 0 bridgehead atoms. The Kier molecular flexibility index (Phi) is 1.80. The van der Waals surface area contributed by atoms with E-state index in [4.69, 9.17) is 5.73 Å². The topological polar surface area (TPSA) is 38.9 Å². The molecule has 2 aromatic rings. The van der Waals surface area contributed by atoms with Gasteiger partial charge in [0, 0.05) is 0 Å². The quantitative estimate of drug-likeness (QED) is 0.724. The number of aromatic nitrogens is 1. The van der Waals surface area contributed by atoms with Gasteiger partial charge in [-0.2, -0.15) is 4.37 Å². The van der Waals surface area contributed by atoms with Gasteiger partial charge in [0.25, 0.3) is 0 Å². The summed E-state index contributed by atoms with van der Waals surface area (Å²) in [5.41, 5.74) is 7.61. The van der Waals surface area contributed by atoms with Crippen LogP contribution in [0.15, 0.2) is 36.5 Å². The molecule has 2 N–H and O–H groups in total. The molecule has 0 unspecified atom stereocenters. The largest absolute Gasteiger partial charge is 0.396 e. The van der Waals surface area contributed by atoms with E-state index in [1.807, 2.05) is 30.3 Å². The Bertz CT molecular complexity index is 367. The first-order valence-electron chi connectivity index (χ1n) is 3.63. The van der Waals surface area contributed by atoms with E-state index < -0.39 is 0 Å². The van der Waals surface area contributed by atoms with E-state index in [2.05, 4.69) is 4.37 Å². The lowest BCUT2D eigenvalue weighted by Crippen LogP contribution is -1.82. The Labute approximate surface area is 74.8 Å². The molecule has 0 aliphatic heterocycles. The van der Waals surface area contributed by atoms with Crippen LogP contribution in [0.1, 0.15) is 0 Å². The van der Waals surface area contributed by atoms with Gasteiger partial charge in [-0.25, -0.2) is 0 Å². The molecular weight excluding hydrogens is 168 g/mol. The summed E-state index contributed by atoms with van der Waals surface area (Å²) in [6.45, 7) is 0. The SMILES string of the molecule is Nc1cnsc1-c1ccccc1. The van der Waals surface area contributed by atoms with E-state index in [9.17, 15) is 0 Å². The van der Waals surface area contributed by atoms with Crippen LogP contribution < -0.4 is 5.73 Å². The minimum absolute atomic E-state index is 0.756. The van der Waals surface area contributed by atoms with Crippen LogP contribution in [0.3, 0.4) is 0 Å². The molecule has 1 aromatic carbocycles. The molecule has 0 saturated carbocycles. The predicted molar refractivity (Wildman–Crippen MR) is 52.0 cm³/mol. The summed E-state index contributed by atoms with van der Waals surface area (Å²) in [6.07, 6.45) is 1.69. The highest BCUT2D eigenvalue weighted by atomic mass is 32.1. The number of nitrogens with zero attached hydrogens (tertiary/aromatic N) is 1. The molecule has 0 fully saturated rings. The van der Waals surface area contributed by atoms with Gasteiger partial charge in [-0.3, -0.25) is 0 Å². The second kappa shape index (κ2) is 2.95. The van der Waals surface area contributed by atoms with E-state index in [0.717, 1.165) is 16.1 Å². The fourth-order valence-corrected chi connectivity index (χ4v) is 1.73. The summed E-state index contributed by atoms with van der Waals surface area (Å²) < 4.78 is 4.01. The molecule has 2 rings (SSSR count). The highest BCUT2D eigenvalue weighted by molar-refractivity contribution is 7.10. The molecule has 0 aliphatic carbocycles. The third-order valence-corrected chi connectivity index (χ3v) is 2.50. The zero-order valence-electron chi connectivity index (χ0n) is 6.40. The second-order valence-electron chi connectivity index (χ2n) is 2.48. The number of benzene rings is 1. The summed E-state index contributed by atoms with van der Waals surface area (Å²) in [6, 6.07) is 10.0. The molecular formula is C9H8N2S. The molecule has 0 radical (unpaired) electrons. The van der Waals surface area contributed by atoms with Crippen molar-refractivity contribution in [1.82, 2.24) is 4.37 Å². The Morgan fingerprint density at radius 2 is 1.92 bits per heavy atom. The number of nitrogens with two attached hydrogens (primary N) is 1. The molecule has 0 saturated heterocycles. The number of rotatable bonds is 1. The molecule has 60 valence electrons. The number of hydrogen-bond acceptors (Lipinski definition) is 3. The number of nitrogen functional groups attached to an aromatic ring is 1. The average molecular weight is 176 g/mol. The van der Waals surface area contributed by atoms with Crippen LogP contribution >= 0.6 is 11.5 Å². The van der Waals surface area contributed by atoms with Crippen molar-refractivity contribution in [1.29, 1.82) is 0 Å². The zero-order chi connectivity index (χ0) is 8.39. The Balaban J connectivity index is 2.51. The van der Waals surface area contributed by atoms with Crippen molar-refractivity contribution in [3.63, 3.8) is 0 Å². The lowest BCUT2D eigenvalue weighted by atomic mass is 10.2. The Morgan fingerprint density at radius 1 is 1.17 bits per heavy atom.